The molecule has 0 aromatic heterocycles. The minimum Gasteiger partial charge on any atom is -0.350 e. The van der Waals surface area contributed by atoms with Crippen molar-refractivity contribution in [2.24, 2.45) is 23.7 Å². The number of carbonyl (C=O) groups excluding carboxylic acids is 4. The van der Waals surface area contributed by atoms with Crippen LogP contribution in [-0.4, -0.2) is 47.7 Å². The smallest absolute Gasteiger partial charge is 0.344 e. The van der Waals surface area contributed by atoms with E-state index in [1.54, 1.807) is 0 Å². The summed E-state index contributed by atoms with van der Waals surface area (Å²) in [5.74, 6) is -2.94. The number of benzene rings is 1. The Balaban J connectivity index is 1.75. The molecule has 5 amide bonds. The Hall–Kier alpha value is -2.98. The molecule has 1 aromatic carbocycles. The lowest BCUT2D eigenvalue weighted by Crippen LogP contribution is -2.52. The van der Waals surface area contributed by atoms with Gasteiger partial charge in [0.05, 0.1) is 11.8 Å². The number of imide groups is 1. The topological polar surface area (TPSA) is 126 Å². The molecule has 5 atom stereocenters. The molecule has 3 rings (SSSR count). The van der Waals surface area contributed by atoms with Crippen LogP contribution in [-0.2, 0) is 30.4 Å². The molecule has 2 aliphatic rings. The zero-order chi connectivity index (χ0) is 28.4. The van der Waals surface area contributed by atoms with Gasteiger partial charge in [-0.15, -0.1) is 0 Å². The Morgan fingerprint density at radius 2 is 1.85 bits per heavy atom. The number of urea groups is 1. The number of hydroxylamine groups is 1. The Labute approximate surface area is 231 Å². The third-order valence-corrected chi connectivity index (χ3v) is 7.54. The fourth-order valence-corrected chi connectivity index (χ4v) is 5.07. The number of amides is 5. The highest BCUT2D eigenvalue weighted by molar-refractivity contribution is 6.05. The number of rotatable bonds is 14. The Morgan fingerprint density at radius 3 is 2.49 bits per heavy atom. The molecule has 0 radical (unpaired) electrons. The van der Waals surface area contributed by atoms with E-state index in [2.05, 4.69) is 16.2 Å². The highest BCUT2D eigenvalue weighted by atomic mass is 16.8. The molecule has 10 nitrogen and oxygen atoms in total. The standard InChI is InChI=1S/C29H44N4O6/c1-5-20(4)25-28(36)33(29(37)30-25)31-26(34)23(18-19(2)3)22(15-11-14-21-12-7-6-8-13-21)27(35)32-39-24-16-9-10-17-38-24/h6-8,12-13,19-20,22-25H,5,9-11,14-18H2,1-4H3,(H,30,37)(H,31,34)(H,32,35)/t20-,22-,23+,24?,25-/m0/s1. The quantitative estimate of drug-likeness (QED) is 0.241. The second-order valence-electron chi connectivity index (χ2n) is 11.1. The molecule has 216 valence electrons. The predicted octanol–water partition coefficient (Wildman–Crippen LogP) is 3.86. The van der Waals surface area contributed by atoms with Gasteiger partial charge in [0.1, 0.15) is 6.04 Å². The molecular weight excluding hydrogens is 500 g/mol. The highest BCUT2D eigenvalue weighted by Crippen LogP contribution is 2.27. The Morgan fingerprint density at radius 1 is 1.10 bits per heavy atom. The van der Waals surface area contributed by atoms with Crippen molar-refractivity contribution in [2.45, 2.75) is 91.4 Å². The Bertz CT molecular complexity index is 966. The lowest BCUT2D eigenvalue weighted by atomic mass is 9.81. The van der Waals surface area contributed by atoms with E-state index in [-0.39, 0.29) is 11.8 Å². The fraction of sp³-hybridized carbons (Fsp3) is 0.655. The molecule has 2 saturated heterocycles. The van der Waals surface area contributed by atoms with E-state index in [1.165, 1.54) is 0 Å². The molecule has 2 aliphatic heterocycles. The van der Waals surface area contributed by atoms with Crippen molar-refractivity contribution in [3.8, 4) is 0 Å². The van der Waals surface area contributed by atoms with Crippen LogP contribution in [0.25, 0.3) is 0 Å². The van der Waals surface area contributed by atoms with E-state index >= 15 is 0 Å². The summed E-state index contributed by atoms with van der Waals surface area (Å²) in [5, 5.41) is 3.42. The maximum absolute atomic E-state index is 13.6. The van der Waals surface area contributed by atoms with E-state index in [1.807, 2.05) is 58.0 Å². The summed E-state index contributed by atoms with van der Waals surface area (Å²) in [5.41, 5.74) is 6.22. The summed E-state index contributed by atoms with van der Waals surface area (Å²) in [4.78, 5) is 58.2. The minimum atomic E-state index is -0.778. The second-order valence-corrected chi connectivity index (χ2v) is 11.1. The molecule has 0 aliphatic carbocycles. The van der Waals surface area contributed by atoms with Crippen LogP contribution in [0.3, 0.4) is 0 Å². The molecule has 0 spiro atoms. The SMILES string of the molecule is CC[C@H](C)[C@@H]1NC(=O)N(NC(=O)[C@H](CC(C)C)[C@H](CCCc2ccccc2)C(=O)NOC2CCCCO2)C1=O. The number of carbonyl (C=O) groups is 4. The molecule has 0 bridgehead atoms. The number of hydrogen-bond acceptors (Lipinski definition) is 6. The number of hydrazine groups is 1. The van der Waals surface area contributed by atoms with Crippen LogP contribution in [0.2, 0.25) is 0 Å². The third-order valence-electron chi connectivity index (χ3n) is 7.54. The zero-order valence-corrected chi connectivity index (χ0v) is 23.6. The Kier molecular flexibility index (Phi) is 11.7. The van der Waals surface area contributed by atoms with E-state index in [0.29, 0.717) is 38.7 Å². The first-order chi connectivity index (χ1) is 18.7. The number of aryl methyl sites for hydroxylation is 1. The summed E-state index contributed by atoms with van der Waals surface area (Å²) in [6.07, 6.45) is 5.00. The maximum atomic E-state index is 13.6. The van der Waals surface area contributed by atoms with Gasteiger partial charge in [-0.2, -0.15) is 5.01 Å². The van der Waals surface area contributed by atoms with Crippen LogP contribution in [0, 0.1) is 23.7 Å². The van der Waals surface area contributed by atoms with Crippen LogP contribution in [0.4, 0.5) is 4.79 Å². The monoisotopic (exact) mass is 544 g/mol. The van der Waals surface area contributed by atoms with Gasteiger partial charge in [0.2, 0.25) is 11.8 Å². The normalized spacial score (nSPS) is 21.8. The van der Waals surface area contributed by atoms with Crippen LogP contribution >= 0.6 is 0 Å². The summed E-state index contributed by atoms with van der Waals surface area (Å²) < 4.78 is 5.57. The van der Waals surface area contributed by atoms with Gasteiger partial charge in [0.15, 0.2) is 6.29 Å². The van der Waals surface area contributed by atoms with Crippen molar-refractivity contribution in [3.05, 3.63) is 35.9 Å². The van der Waals surface area contributed by atoms with Gasteiger partial charge < -0.3 is 10.1 Å². The summed E-state index contributed by atoms with van der Waals surface area (Å²) >= 11 is 0. The van der Waals surface area contributed by atoms with Crippen molar-refractivity contribution < 1.29 is 28.8 Å². The van der Waals surface area contributed by atoms with Crippen LogP contribution in [0.15, 0.2) is 30.3 Å². The van der Waals surface area contributed by atoms with Gasteiger partial charge in [-0.3, -0.25) is 19.8 Å². The molecule has 39 heavy (non-hydrogen) atoms. The fourth-order valence-electron chi connectivity index (χ4n) is 5.07. The first-order valence-corrected chi connectivity index (χ1v) is 14.3. The van der Waals surface area contributed by atoms with Crippen molar-refractivity contribution in [1.82, 2.24) is 21.2 Å². The van der Waals surface area contributed by atoms with Gasteiger partial charge in [-0.1, -0.05) is 64.4 Å². The zero-order valence-electron chi connectivity index (χ0n) is 23.6. The number of ether oxygens (including phenoxy) is 1. The summed E-state index contributed by atoms with van der Waals surface area (Å²) in [6, 6.07) is 8.60. The molecule has 10 heteroatoms. The van der Waals surface area contributed by atoms with Crippen molar-refractivity contribution in [2.75, 3.05) is 6.61 Å². The predicted molar refractivity (Wildman–Crippen MR) is 145 cm³/mol. The molecule has 2 heterocycles. The van der Waals surface area contributed by atoms with Gasteiger partial charge >= 0.3 is 6.03 Å². The van der Waals surface area contributed by atoms with Crippen LogP contribution in [0.1, 0.15) is 78.2 Å². The van der Waals surface area contributed by atoms with Crippen molar-refractivity contribution in [3.63, 3.8) is 0 Å². The molecular formula is C29H44N4O6. The third kappa shape index (κ3) is 8.76. The van der Waals surface area contributed by atoms with E-state index in [4.69, 9.17) is 9.57 Å². The molecule has 1 unspecified atom stereocenters. The van der Waals surface area contributed by atoms with E-state index < -0.39 is 47.9 Å². The number of nitrogens with zero attached hydrogens (tertiary/aromatic N) is 1. The van der Waals surface area contributed by atoms with Crippen LogP contribution in [0.5, 0.6) is 0 Å². The lowest BCUT2D eigenvalue weighted by Gasteiger charge is -2.29. The van der Waals surface area contributed by atoms with Gasteiger partial charge in [0.25, 0.3) is 5.91 Å². The van der Waals surface area contributed by atoms with Gasteiger partial charge in [-0.05, 0) is 55.9 Å². The molecule has 2 fully saturated rings. The molecule has 3 N–H and O–H groups in total. The maximum Gasteiger partial charge on any atom is 0.344 e. The highest BCUT2D eigenvalue weighted by Gasteiger charge is 2.43. The molecule has 1 aromatic rings. The lowest BCUT2D eigenvalue weighted by molar-refractivity contribution is -0.203. The number of hydrogen-bond donors (Lipinski definition) is 3. The van der Waals surface area contributed by atoms with Gasteiger partial charge in [-0.25, -0.2) is 15.1 Å². The minimum absolute atomic E-state index is 0.0783. The van der Waals surface area contributed by atoms with Crippen molar-refractivity contribution in [1.29, 1.82) is 0 Å². The molecule has 0 saturated carbocycles. The average molecular weight is 545 g/mol. The number of nitrogens with one attached hydrogen (secondary N) is 3. The average Bonchev–Trinajstić information content (AvgIpc) is 3.22. The van der Waals surface area contributed by atoms with Crippen molar-refractivity contribution >= 4 is 23.8 Å². The second kappa shape index (κ2) is 15.0. The summed E-state index contributed by atoms with van der Waals surface area (Å²) in [6.45, 7) is 8.32. The van der Waals surface area contributed by atoms with E-state index in [9.17, 15) is 19.2 Å². The first kappa shape index (κ1) is 30.6. The van der Waals surface area contributed by atoms with Crippen LogP contribution < -0.4 is 16.2 Å². The summed E-state index contributed by atoms with van der Waals surface area (Å²) in [7, 11) is 0. The first-order valence-electron chi connectivity index (χ1n) is 14.3. The van der Waals surface area contributed by atoms with Gasteiger partial charge in [0, 0.05) is 13.0 Å². The largest absolute Gasteiger partial charge is 0.350 e. The van der Waals surface area contributed by atoms with E-state index in [0.717, 1.165) is 29.8 Å².